The van der Waals surface area contributed by atoms with E-state index in [0.29, 0.717) is 37.7 Å². The van der Waals surface area contributed by atoms with Crippen molar-refractivity contribution < 1.29 is 19.1 Å². The number of amides is 1. The third-order valence-electron chi connectivity index (χ3n) is 6.07. The highest BCUT2D eigenvalue weighted by atomic mass is 32.1. The van der Waals surface area contributed by atoms with E-state index >= 15 is 0 Å². The van der Waals surface area contributed by atoms with Crippen molar-refractivity contribution in [2.45, 2.75) is 106 Å². The van der Waals surface area contributed by atoms with Crippen molar-refractivity contribution >= 4 is 23.2 Å². The summed E-state index contributed by atoms with van der Waals surface area (Å²) in [5.74, 6) is 0.486. The molecular formula is C26H46N2O4S. The Morgan fingerprint density at radius 1 is 1.06 bits per heavy atom. The highest BCUT2D eigenvalue weighted by molar-refractivity contribution is 7.09. The number of hydrogen-bond donors (Lipinski definition) is 0. The van der Waals surface area contributed by atoms with E-state index in [1.54, 1.807) is 12.3 Å². The van der Waals surface area contributed by atoms with Gasteiger partial charge in [0, 0.05) is 37.4 Å². The minimum absolute atomic E-state index is 0.0506. The lowest BCUT2D eigenvalue weighted by molar-refractivity contribution is -0.136. The summed E-state index contributed by atoms with van der Waals surface area (Å²) in [4.78, 5) is 32.1. The summed E-state index contributed by atoms with van der Waals surface area (Å²) in [5, 5.41) is 2.51. The molecule has 1 amide bonds. The molecule has 0 aliphatic carbocycles. The van der Waals surface area contributed by atoms with Crippen LogP contribution in [0.1, 0.15) is 115 Å². The van der Waals surface area contributed by atoms with Crippen LogP contribution in [0, 0.1) is 11.8 Å². The number of carbonyl (C=O) groups is 2. The van der Waals surface area contributed by atoms with Gasteiger partial charge in [0.2, 0.25) is 5.91 Å². The van der Waals surface area contributed by atoms with Gasteiger partial charge in [0.1, 0.15) is 11.1 Å². The zero-order chi connectivity index (χ0) is 24.8. The van der Waals surface area contributed by atoms with Gasteiger partial charge in [-0.05, 0) is 32.1 Å². The summed E-state index contributed by atoms with van der Waals surface area (Å²) in [6, 6.07) is 0.0506. The number of esters is 1. The van der Waals surface area contributed by atoms with E-state index in [0.717, 1.165) is 30.8 Å². The molecule has 0 unspecified atom stereocenters. The number of rotatable bonds is 17. The molecular weight excluding hydrogens is 436 g/mol. The fraction of sp³-hybridized carbons (Fsp3) is 0.808. The fourth-order valence-corrected chi connectivity index (χ4v) is 4.75. The minimum Gasteiger partial charge on any atom is -0.461 e. The largest absolute Gasteiger partial charge is 0.461 e. The number of aromatic nitrogens is 1. The maximum absolute atomic E-state index is 13.4. The van der Waals surface area contributed by atoms with E-state index < -0.39 is 5.97 Å². The van der Waals surface area contributed by atoms with Crippen molar-refractivity contribution in [3.8, 4) is 0 Å². The van der Waals surface area contributed by atoms with Crippen molar-refractivity contribution in [2.75, 3.05) is 19.8 Å². The van der Waals surface area contributed by atoms with Crippen LogP contribution in [-0.2, 0) is 14.3 Å². The molecule has 0 radical (unpaired) electrons. The predicted molar refractivity (Wildman–Crippen MR) is 136 cm³/mol. The normalized spacial score (nSPS) is 14.2. The Morgan fingerprint density at radius 2 is 1.79 bits per heavy atom. The summed E-state index contributed by atoms with van der Waals surface area (Å²) < 4.78 is 11.2. The molecule has 0 fully saturated rings. The minimum atomic E-state index is -0.406. The zero-order valence-corrected chi connectivity index (χ0v) is 22.7. The maximum Gasteiger partial charge on any atom is 0.357 e. The van der Waals surface area contributed by atoms with E-state index in [1.807, 2.05) is 6.92 Å². The molecule has 0 spiro atoms. The van der Waals surface area contributed by atoms with Gasteiger partial charge in [-0.2, -0.15) is 0 Å². The number of carbonyl (C=O) groups excluding carboxylic acids is 2. The third kappa shape index (κ3) is 10.1. The van der Waals surface area contributed by atoms with Crippen LogP contribution in [0.25, 0.3) is 0 Å². The van der Waals surface area contributed by atoms with Crippen molar-refractivity contribution in [3.63, 3.8) is 0 Å². The molecule has 0 bridgehead atoms. The summed E-state index contributed by atoms with van der Waals surface area (Å²) in [7, 11) is 0. The highest BCUT2D eigenvalue weighted by Gasteiger charge is 2.31. The second kappa shape index (κ2) is 16.2. The molecule has 0 N–H and O–H groups in total. The zero-order valence-electron chi connectivity index (χ0n) is 21.9. The Labute approximate surface area is 205 Å². The number of unbranched alkanes of at least 4 members (excludes halogenated alkanes) is 3. The van der Waals surface area contributed by atoms with Gasteiger partial charge in [-0.25, -0.2) is 9.78 Å². The Balaban J connectivity index is 3.12. The molecule has 0 aromatic carbocycles. The molecule has 33 heavy (non-hydrogen) atoms. The van der Waals surface area contributed by atoms with E-state index in [4.69, 9.17) is 9.47 Å². The number of hydrogen-bond acceptors (Lipinski definition) is 6. The second-order valence-electron chi connectivity index (χ2n) is 9.15. The molecule has 190 valence electrons. The van der Waals surface area contributed by atoms with Crippen LogP contribution in [0.4, 0.5) is 0 Å². The van der Waals surface area contributed by atoms with Gasteiger partial charge < -0.3 is 14.4 Å². The smallest absolute Gasteiger partial charge is 0.357 e. The van der Waals surface area contributed by atoms with Crippen LogP contribution in [0.2, 0.25) is 0 Å². The van der Waals surface area contributed by atoms with Gasteiger partial charge in [0.25, 0.3) is 0 Å². The lowest BCUT2D eigenvalue weighted by Crippen LogP contribution is -2.45. The molecule has 1 rings (SSSR count). The predicted octanol–water partition coefficient (Wildman–Crippen LogP) is 6.66. The Morgan fingerprint density at radius 3 is 2.36 bits per heavy atom. The summed E-state index contributed by atoms with van der Waals surface area (Å²) >= 11 is 1.42. The molecule has 1 aromatic heterocycles. The first kappa shape index (κ1) is 29.6. The van der Waals surface area contributed by atoms with Crippen LogP contribution in [0.5, 0.6) is 0 Å². The first-order chi connectivity index (χ1) is 15.8. The summed E-state index contributed by atoms with van der Waals surface area (Å²) in [6.07, 6.45) is 6.51. The lowest BCUT2D eigenvalue weighted by atomic mass is 9.94. The van der Waals surface area contributed by atoms with Crippen molar-refractivity contribution in [2.24, 2.45) is 11.8 Å². The first-order valence-electron chi connectivity index (χ1n) is 12.8. The summed E-state index contributed by atoms with van der Waals surface area (Å²) in [5.41, 5.74) is 0.326. The Bertz CT molecular complexity index is 692. The van der Waals surface area contributed by atoms with E-state index in [-0.39, 0.29) is 24.0 Å². The SMILES string of the molecule is CCCCCCN(C(=O)C[C@@H](C)CC)[C@H](C[C@@H](OCC)c1nc(C(=O)OCC)cs1)C(C)C. The molecule has 0 aliphatic heterocycles. The van der Waals surface area contributed by atoms with E-state index in [2.05, 4.69) is 44.5 Å². The monoisotopic (exact) mass is 482 g/mol. The number of thiazole rings is 1. The average molecular weight is 483 g/mol. The third-order valence-corrected chi connectivity index (χ3v) is 7.00. The van der Waals surface area contributed by atoms with Crippen LogP contribution < -0.4 is 0 Å². The lowest BCUT2D eigenvalue weighted by Gasteiger charge is -2.37. The van der Waals surface area contributed by atoms with E-state index in [1.165, 1.54) is 24.2 Å². The topological polar surface area (TPSA) is 68.7 Å². The molecule has 6 nitrogen and oxygen atoms in total. The van der Waals surface area contributed by atoms with Crippen LogP contribution in [-0.4, -0.2) is 47.6 Å². The van der Waals surface area contributed by atoms with Crippen LogP contribution in [0.3, 0.4) is 0 Å². The van der Waals surface area contributed by atoms with E-state index in [9.17, 15) is 9.59 Å². The fourth-order valence-electron chi connectivity index (χ4n) is 3.90. The molecule has 7 heteroatoms. The average Bonchev–Trinajstić information content (AvgIpc) is 3.27. The second-order valence-corrected chi connectivity index (χ2v) is 10.0. The number of ether oxygens (including phenoxy) is 2. The Kier molecular flexibility index (Phi) is 14.5. The van der Waals surface area contributed by atoms with Gasteiger partial charge in [-0.3, -0.25) is 4.79 Å². The highest BCUT2D eigenvalue weighted by Crippen LogP contribution is 2.31. The van der Waals surface area contributed by atoms with Crippen LogP contribution in [0.15, 0.2) is 5.38 Å². The number of nitrogens with zero attached hydrogens (tertiary/aromatic N) is 2. The maximum atomic E-state index is 13.4. The first-order valence-corrected chi connectivity index (χ1v) is 13.7. The Hall–Kier alpha value is -1.47. The molecule has 0 saturated heterocycles. The summed E-state index contributed by atoms with van der Waals surface area (Å²) in [6.45, 7) is 16.2. The van der Waals surface area contributed by atoms with Gasteiger partial charge in [0.05, 0.1) is 6.61 Å². The quantitative estimate of drug-likeness (QED) is 0.183. The van der Waals surface area contributed by atoms with Gasteiger partial charge >= 0.3 is 5.97 Å². The molecule has 1 heterocycles. The molecule has 3 atom stereocenters. The van der Waals surface area contributed by atoms with Crippen molar-refractivity contribution in [1.82, 2.24) is 9.88 Å². The molecule has 0 saturated carbocycles. The van der Waals surface area contributed by atoms with Crippen molar-refractivity contribution in [1.29, 1.82) is 0 Å². The standard InChI is InChI=1S/C26H46N2O4S/c1-8-12-13-14-15-28(24(29)16-20(7)9-2)22(19(5)6)17-23(31-10-3)25-27-21(18-33-25)26(30)32-11-4/h18-20,22-23H,8-17H2,1-7H3/t20-,22+,23+/m0/s1. The van der Waals surface area contributed by atoms with Gasteiger partial charge in [-0.15, -0.1) is 11.3 Å². The van der Waals surface area contributed by atoms with Gasteiger partial charge in [0.15, 0.2) is 5.69 Å². The molecule has 0 aliphatic rings. The molecule has 1 aromatic rings. The van der Waals surface area contributed by atoms with Gasteiger partial charge in [-0.1, -0.05) is 60.3 Å². The van der Waals surface area contributed by atoms with Crippen LogP contribution >= 0.6 is 11.3 Å². The van der Waals surface area contributed by atoms with Crippen molar-refractivity contribution in [3.05, 3.63) is 16.1 Å².